The molecule has 2 aromatic heterocycles. The number of hydrogen-bond acceptors (Lipinski definition) is 9. The zero-order chi connectivity index (χ0) is 26.0. The standard InChI is InChI=1S/C27H36N8O2/c1-33(20-26(36)37)13-4-14-34(2)25-8-7-22(18-30-25)24-9-10-29-27(32-24)31-23-6-3-5-21(17-23)19-35-15-11-28-12-16-35/h3,5-10,17-18,28H,4,11-16,19-20H2,1-2H3,(H,36,37)(H,29,31,32). The Hall–Kier alpha value is -3.60. The van der Waals surface area contributed by atoms with Crippen LogP contribution >= 0.6 is 0 Å². The second-order valence-corrected chi connectivity index (χ2v) is 9.43. The first-order valence-corrected chi connectivity index (χ1v) is 12.7. The van der Waals surface area contributed by atoms with E-state index in [0.717, 1.165) is 68.5 Å². The molecule has 3 aromatic rings. The van der Waals surface area contributed by atoms with Gasteiger partial charge in [0.1, 0.15) is 5.82 Å². The summed E-state index contributed by atoms with van der Waals surface area (Å²) in [6.45, 7) is 6.69. The van der Waals surface area contributed by atoms with Crippen molar-refractivity contribution in [2.45, 2.75) is 13.0 Å². The highest BCUT2D eigenvalue weighted by molar-refractivity contribution is 5.69. The molecular formula is C27H36N8O2. The molecule has 37 heavy (non-hydrogen) atoms. The Balaban J connectivity index is 1.34. The normalized spacial score (nSPS) is 14.0. The van der Waals surface area contributed by atoms with E-state index in [2.05, 4.69) is 48.6 Å². The molecule has 196 valence electrons. The minimum absolute atomic E-state index is 0.0500. The van der Waals surface area contributed by atoms with Gasteiger partial charge in [0.15, 0.2) is 0 Å². The number of nitrogens with one attached hydrogen (secondary N) is 2. The molecule has 10 heteroatoms. The van der Waals surface area contributed by atoms with E-state index in [1.807, 2.05) is 44.6 Å². The SMILES string of the molecule is CN(CCCN(C)c1ccc(-c2ccnc(Nc3cccc(CN4CCNCC4)c3)n2)cn1)CC(=O)O. The van der Waals surface area contributed by atoms with Crippen LogP contribution in [0.2, 0.25) is 0 Å². The molecule has 3 heterocycles. The predicted octanol–water partition coefficient (Wildman–Crippen LogP) is 2.53. The topological polar surface area (TPSA) is 110 Å². The Kier molecular flexibility index (Phi) is 9.36. The molecule has 0 saturated carbocycles. The third-order valence-electron chi connectivity index (χ3n) is 6.33. The summed E-state index contributed by atoms with van der Waals surface area (Å²) in [6.07, 6.45) is 4.42. The number of aromatic nitrogens is 3. The summed E-state index contributed by atoms with van der Waals surface area (Å²) >= 11 is 0. The number of piperazine rings is 1. The van der Waals surface area contributed by atoms with Gasteiger partial charge < -0.3 is 20.6 Å². The van der Waals surface area contributed by atoms with Crippen LogP contribution in [0.5, 0.6) is 0 Å². The average molecular weight is 505 g/mol. The summed E-state index contributed by atoms with van der Waals surface area (Å²) in [7, 11) is 3.80. The molecular weight excluding hydrogens is 468 g/mol. The predicted molar refractivity (Wildman–Crippen MR) is 146 cm³/mol. The largest absolute Gasteiger partial charge is 0.480 e. The van der Waals surface area contributed by atoms with Gasteiger partial charge in [-0.05, 0) is 49.4 Å². The third kappa shape index (κ3) is 8.21. The van der Waals surface area contributed by atoms with Crippen LogP contribution in [0.4, 0.5) is 17.5 Å². The molecule has 0 spiro atoms. The number of anilines is 3. The number of likely N-dealkylation sites (N-methyl/N-ethyl adjacent to an activating group) is 1. The van der Waals surface area contributed by atoms with Crippen molar-refractivity contribution in [1.29, 1.82) is 0 Å². The number of carboxylic acids is 1. The van der Waals surface area contributed by atoms with Gasteiger partial charge in [0, 0.05) is 76.5 Å². The van der Waals surface area contributed by atoms with Crippen molar-refractivity contribution in [1.82, 2.24) is 30.1 Å². The molecule has 1 aromatic carbocycles. The average Bonchev–Trinajstić information content (AvgIpc) is 2.89. The van der Waals surface area contributed by atoms with Crippen LogP contribution in [0.1, 0.15) is 12.0 Å². The van der Waals surface area contributed by atoms with Crippen molar-refractivity contribution in [3.63, 3.8) is 0 Å². The molecule has 1 fully saturated rings. The molecule has 4 rings (SSSR count). The lowest BCUT2D eigenvalue weighted by atomic mass is 10.1. The fourth-order valence-electron chi connectivity index (χ4n) is 4.35. The van der Waals surface area contributed by atoms with E-state index in [-0.39, 0.29) is 6.54 Å². The van der Waals surface area contributed by atoms with Gasteiger partial charge in [-0.1, -0.05) is 12.1 Å². The Bertz CT molecular complexity index is 1150. The maximum Gasteiger partial charge on any atom is 0.317 e. The summed E-state index contributed by atoms with van der Waals surface area (Å²) in [4.78, 5) is 30.8. The Morgan fingerprint density at radius 1 is 1.11 bits per heavy atom. The van der Waals surface area contributed by atoms with E-state index >= 15 is 0 Å². The second kappa shape index (κ2) is 13.1. The highest BCUT2D eigenvalue weighted by Gasteiger charge is 2.11. The van der Waals surface area contributed by atoms with E-state index in [4.69, 9.17) is 10.1 Å². The molecule has 1 saturated heterocycles. The number of nitrogens with zero attached hydrogens (tertiary/aromatic N) is 6. The third-order valence-corrected chi connectivity index (χ3v) is 6.33. The fraction of sp³-hybridized carbons (Fsp3) is 0.407. The maximum atomic E-state index is 10.8. The van der Waals surface area contributed by atoms with Gasteiger partial charge in [-0.3, -0.25) is 14.6 Å². The number of hydrogen-bond donors (Lipinski definition) is 3. The van der Waals surface area contributed by atoms with Gasteiger partial charge >= 0.3 is 5.97 Å². The van der Waals surface area contributed by atoms with Crippen LogP contribution in [0.25, 0.3) is 11.3 Å². The van der Waals surface area contributed by atoms with Gasteiger partial charge in [0.05, 0.1) is 12.2 Å². The van der Waals surface area contributed by atoms with Crippen molar-refractivity contribution in [3.8, 4) is 11.3 Å². The Morgan fingerprint density at radius 3 is 2.70 bits per heavy atom. The molecule has 0 atom stereocenters. The fourth-order valence-corrected chi connectivity index (χ4v) is 4.35. The highest BCUT2D eigenvalue weighted by Crippen LogP contribution is 2.22. The van der Waals surface area contributed by atoms with E-state index in [1.165, 1.54) is 5.56 Å². The molecule has 3 N–H and O–H groups in total. The molecule has 0 bridgehead atoms. The Labute approximate surface area is 218 Å². The van der Waals surface area contributed by atoms with Gasteiger partial charge in [-0.15, -0.1) is 0 Å². The zero-order valence-electron chi connectivity index (χ0n) is 21.6. The minimum Gasteiger partial charge on any atom is -0.480 e. The zero-order valence-corrected chi connectivity index (χ0v) is 21.6. The van der Waals surface area contributed by atoms with E-state index < -0.39 is 5.97 Å². The van der Waals surface area contributed by atoms with Crippen LogP contribution in [0.15, 0.2) is 54.9 Å². The summed E-state index contributed by atoms with van der Waals surface area (Å²) in [5, 5.41) is 15.6. The summed E-state index contributed by atoms with van der Waals surface area (Å²) in [5.74, 6) is 0.595. The Morgan fingerprint density at radius 2 is 1.95 bits per heavy atom. The molecule has 10 nitrogen and oxygen atoms in total. The molecule has 0 amide bonds. The van der Waals surface area contributed by atoms with E-state index in [0.29, 0.717) is 12.5 Å². The monoisotopic (exact) mass is 504 g/mol. The lowest BCUT2D eigenvalue weighted by Gasteiger charge is -2.27. The summed E-state index contributed by atoms with van der Waals surface area (Å²) in [6, 6.07) is 14.3. The minimum atomic E-state index is -0.810. The number of rotatable bonds is 12. The van der Waals surface area contributed by atoms with Crippen molar-refractivity contribution >= 4 is 23.4 Å². The number of carbonyl (C=O) groups is 1. The lowest BCUT2D eigenvalue weighted by molar-refractivity contribution is -0.137. The van der Waals surface area contributed by atoms with Crippen LogP contribution in [0, 0.1) is 0 Å². The van der Waals surface area contributed by atoms with Crippen molar-refractivity contribution in [2.75, 3.05) is 70.1 Å². The number of pyridine rings is 1. The molecule has 0 radical (unpaired) electrons. The molecule has 0 aliphatic carbocycles. The van der Waals surface area contributed by atoms with Crippen LogP contribution in [-0.2, 0) is 11.3 Å². The molecule has 1 aliphatic heterocycles. The van der Waals surface area contributed by atoms with Crippen molar-refractivity contribution < 1.29 is 9.90 Å². The van der Waals surface area contributed by atoms with E-state index in [9.17, 15) is 4.79 Å². The first-order valence-electron chi connectivity index (χ1n) is 12.7. The number of carboxylic acid groups (broad SMARTS) is 1. The van der Waals surface area contributed by atoms with Crippen LogP contribution in [-0.4, -0.2) is 95.7 Å². The first-order chi connectivity index (χ1) is 18.0. The highest BCUT2D eigenvalue weighted by atomic mass is 16.4. The molecule has 0 unspecified atom stereocenters. The van der Waals surface area contributed by atoms with Crippen LogP contribution < -0.4 is 15.5 Å². The van der Waals surface area contributed by atoms with Crippen molar-refractivity contribution in [3.05, 3.63) is 60.4 Å². The van der Waals surface area contributed by atoms with E-state index in [1.54, 1.807) is 11.1 Å². The summed E-state index contributed by atoms with van der Waals surface area (Å²) < 4.78 is 0. The maximum absolute atomic E-state index is 10.8. The second-order valence-electron chi connectivity index (χ2n) is 9.43. The summed E-state index contributed by atoms with van der Waals surface area (Å²) in [5.41, 5.74) is 3.94. The quantitative estimate of drug-likeness (QED) is 0.340. The smallest absolute Gasteiger partial charge is 0.317 e. The van der Waals surface area contributed by atoms with Gasteiger partial charge in [-0.25, -0.2) is 15.0 Å². The lowest BCUT2D eigenvalue weighted by Crippen LogP contribution is -2.42. The molecule has 1 aliphatic rings. The number of benzene rings is 1. The first kappa shape index (κ1) is 26.5. The van der Waals surface area contributed by atoms with Gasteiger partial charge in [0.25, 0.3) is 0 Å². The van der Waals surface area contributed by atoms with Gasteiger partial charge in [-0.2, -0.15) is 0 Å². The van der Waals surface area contributed by atoms with Crippen LogP contribution in [0.3, 0.4) is 0 Å². The van der Waals surface area contributed by atoms with Crippen molar-refractivity contribution in [2.24, 2.45) is 0 Å². The van der Waals surface area contributed by atoms with Gasteiger partial charge in [0.2, 0.25) is 5.95 Å². The number of aliphatic carboxylic acids is 1.